The summed E-state index contributed by atoms with van der Waals surface area (Å²) in [5.41, 5.74) is 7.28. The van der Waals surface area contributed by atoms with E-state index < -0.39 is 36.6 Å². The summed E-state index contributed by atoms with van der Waals surface area (Å²) in [7, 11) is 0. The maximum Gasteiger partial charge on any atom is 0.330 e. The Hall–Kier alpha value is -1.40. The number of aromatic nitrogens is 2. The number of nitrogens with zero attached hydrogens (tertiary/aromatic N) is 4. The van der Waals surface area contributed by atoms with E-state index in [0.29, 0.717) is 4.43 Å². The van der Waals surface area contributed by atoms with Gasteiger partial charge in [-0.05, 0) is 5.53 Å². The minimum atomic E-state index is -0.829. The van der Waals surface area contributed by atoms with E-state index in [-0.39, 0.29) is 12.3 Å². The molecule has 0 bridgehead atoms. The maximum absolute atomic E-state index is 11.7. The molecule has 116 valence electrons. The number of aliphatic hydroxyl groups is 2. The number of halogens is 1. The van der Waals surface area contributed by atoms with E-state index in [0.717, 1.165) is 4.57 Å². The molecule has 0 aliphatic rings. The van der Waals surface area contributed by atoms with Crippen LogP contribution in [0, 0.1) is 0 Å². The van der Waals surface area contributed by atoms with Gasteiger partial charge < -0.3 is 14.9 Å². The van der Waals surface area contributed by atoms with E-state index in [9.17, 15) is 9.59 Å². The molecule has 1 unspecified atom stereocenters. The van der Waals surface area contributed by atoms with Gasteiger partial charge in [0, 0.05) is 21.1 Å². The van der Waals surface area contributed by atoms with Gasteiger partial charge in [-0.15, -0.1) is 0 Å². The fourth-order valence-corrected chi connectivity index (χ4v) is 2.10. The second-order valence-electron chi connectivity index (χ2n) is 3.97. The lowest BCUT2D eigenvalue weighted by Gasteiger charge is -2.15. The Labute approximate surface area is 132 Å². The molecule has 10 nitrogen and oxygen atoms in total. The summed E-state index contributed by atoms with van der Waals surface area (Å²) < 4.78 is 6.53. The summed E-state index contributed by atoms with van der Waals surface area (Å²) in [4.78, 5) is 28.1. The summed E-state index contributed by atoms with van der Waals surface area (Å²) in [6.07, 6.45) is 0.412. The van der Waals surface area contributed by atoms with Gasteiger partial charge in [-0.3, -0.25) is 14.3 Å². The Morgan fingerprint density at radius 2 is 2.14 bits per heavy atom. The highest BCUT2D eigenvalue weighted by Crippen LogP contribution is 2.15. The Bertz CT molecular complexity index is 619. The number of aliphatic hydroxyl groups excluding tert-OH is 2. The number of alkyl halides is 1. The standard InChI is InChI=1S/C10H14IN5O5/c11-1-8(14-15-12)7-2-16(10(20)13-9(7)19)5-21-6(3-17)4-18/h2,6,8,17-18H,1,3-5H2,(H,13,19,20). The lowest BCUT2D eigenvalue weighted by molar-refractivity contribution is -0.0513. The average molecular weight is 411 g/mol. The van der Waals surface area contributed by atoms with Gasteiger partial charge in [0.2, 0.25) is 0 Å². The molecule has 0 radical (unpaired) electrons. The van der Waals surface area contributed by atoms with Gasteiger partial charge in [0.15, 0.2) is 0 Å². The molecule has 0 aliphatic heterocycles. The molecule has 0 aliphatic carbocycles. The highest BCUT2D eigenvalue weighted by Gasteiger charge is 2.15. The zero-order chi connectivity index (χ0) is 15.8. The molecule has 0 saturated heterocycles. The molecule has 1 rings (SSSR count). The van der Waals surface area contributed by atoms with Gasteiger partial charge >= 0.3 is 5.69 Å². The Morgan fingerprint density at radius 3 is 2.67 bits per heavy atom. The van der Waals surface area contributed by atoms with Gasteiger partial charge in [0.1, 0.15) is 12.8 Å². The normalized spacial score (nSPS) is 12.2. The minimum absolute atomic E-state index is 0.134. The van der Waals surface area contributed by atoms with Gasteiger partial charge in [0.25, 0.3) is 5.56 Å². The van der Waals surface area contributed by atoms with Crippen molar-refractivity contribution in [2.75, 3.05) is 17.6 Å². The third kappa shape index (κ3) is 4.82. The van der Waals surface area contributed by atoms with Crippen LogP contribution in [0.3, 0.4) is 0 Å². The molecule has 1 aromatic heterocycles. The molecular formula is C10H14IN5O5. The second kappa shape index (κ2) is 8.79. The summed E-state index contributed by atoms with van der Waals surface area (Å²) in [5.74, 6) is 0. The zero-order valence-electron chi connectivity index (χ0n) is 10.8. The Balaban J connectivity index is 3.08. The third-order valence-corrected chi connectivity index (χ3v) is 3.43. The molecule has 0 amide bonds. The predicted octanol–water partition coefficient (Wildman–Crippen LogP) is -0.350. The van der Waals surface area contributed by atoms with Crippen LogP contribution in [0.25, 0.3) is 10.4 Å². The molecule has 0 saturated carbocycles. The van der Waals surface area contributed by atoms with Crippen molar-refractivity contribution in [3.63, 3.8) is 0 Å². The van der Waals surface area contributed by atoms with Crippen LogP contribution < -0.4 is 11.2 Å². The summed E-state index contributed by atoms with van der Waals surface area (Å²) >= 11 is 1.95. The van der Waals surface area contributed by atoms with E-state index in [1.54, 1.807) is 0 Å². The summed E-state index contributed by atoms with van der Waals surface area (Å²) in [6, 6.07) is -0.710. The largest absolute Gasteiger partial charge is 0.394 e. The number of H-pyrrole nitrogens is 1. The van der Waals surface area contributed by atoms with Crippen LogP contribution in [0.1, 0.15) is 11.6 Å². The van der Waals surface area contributed by atoms with Crippen LogP contribution in [0.4, 0.5) is 0 Å². The van der Waals surface area contributed by atoms with E-state index in [4.69, 9.17) is 20.5 Å². The van der Waals surface area contributed by atoms with Gasteiger partial charge in [-0.2, -0.15) is 0 Å². The molecule has 3 N–H and O–H groups in total. The number of azide groups is 1. The number of hydrogen-bond donors (Lipinski definition) is 3. The average Bonchev–Trinajstić information content (AvgIpc) is 2.48. The molecule has 0 fully saturated rings. The van der Waals surface area contributed by atoms with Gasteiger partial charge in [-0.1, -0.05) is 27.7 Å². The molecule has 0 spiro atoms. The topological polar surface area (TPSA) is 153 Å². The van der Waals surface area contributed by atoms with Crippen LogP contribution in [0.5, 0.6) is 0 Å². The van der Waals surface area contributed by atoms with Crippen molar-refractivity contribution in [3.05, 3.63) is 43.0 Å². The molecule has 21 heavy (non-hydrogen) atoms. The minimum Gasteiger partial charge on any atom is -0.394 e. The fraction of sp³-hybridized carbons (Fsp3) is 0.600. The van der Waals surface area contributed by atoms with Crippen molar-refractivity contribution in [3.8, 4) is 0 Å². The monoisotopic (exact) mass is 411 g/mol. The first kappa shape index (κ1) is 17.7. The number of rotatable bonds is 8. The first-order valence-corrected chi connectivity index (χ1v) is 7.37. The van der Waals surface area contributed by atoms with E-state index in [2.05, 4.69) is 15.0 Å². The lowest BCUT2D eigenvalue weighted by Crippen LogP contribution is -2.35. The number of aromatic amines is 1. The number of nitrogens with one attached hydrogen (secondary N) is 1. The van der Waals surface area contributed by atoms with Crippen LogP contribution in [-0.2, 0) is 11.5 Å². The van der Waals surface area contributed by atoms with E-state index in [1.807, 2.05) is 22.6 Å². The SMILES string of the molecule is [N-]=[N+]=NC(CI)c1cn(COC(CO)CO)c(=O)[nH]c1=O. The molecule has 11 heteroatoms. The molecule has 0 aromatic carbocycles. The van der Waals surface area contributed by atoms with Crippen molar-refractivity contribution in [2.45, 2.75) is 18.9 Å². The van der Waals surface area contributed by atoms with Gasteiger partial charge in [0.05, 0.1) is 19.3 Å². The van der Waals surface area contributed by atoms with Crippen LogP contribution >= 0.6 is 22.6 Å². The van der Waals surface area contributed by atoms with Crippen molar-refractivity contribution < 1.29 is 14.9 Å². The van der Waals surface area contributed by atoms with Crippen LogP contribution in [0.15, 0.2) is 20.9 Å². The summed E-state index contributed by atoms with van der Waals surface area (Å²) in [6.45, 7) is -1.08. The lowest BCUT2D eigenvalue weighted by atomic mass is 10.2. The Kier molecular flexibility index (Phi) is 7.39. The van der Waals surface area contributed by atoms with Crippen molar-refractivity contribution >= 4 is 22.6 Å². The highest BCUT2D eigenvalue weighted by atomic mass is 127. The summed E-state index contributed by atoms with van der Waals surface area (Å²) in [5, 5.41) is 21.3. The number of hydrogen-bond acceptors (Lipinski definition) is 6. The van der Waals surface area contributed by atoms with Crippen molar-refractivity contribution in [1.82, 2.24) is 9.55 Å². The fourth-order valence-electron chi connectivity index (χ4n) is 1.45. The maximum atomic E-state index is 11.7. The molecule has 1 heterocycles. The van der Waals surface area contributed by atoms with Crippen molar-refractivity contribution in [2.24, 2.45) is 5.11 Å². The third-order valence-electron chi connectivity index (χ3n) is 2.59. The zero-order valence-corrected chi connectivity index (χ0v) is 13.0. The van der Waals surface area contributed by atoms with Crippen LogP contribution in [0.2, 0.25) is 0 Å². The molecular weight excluding hydrogens is 397 g/mol. The first-order valence-electron chi connectivity index (χ1n) is 5.84. The highest BCUT2D eigenvalue weighted by molar-refractivity contribution is 14.1. The van der Waals surface area contributed by atoms with E-state index >= 15 is 0 Å². The molecule has 1 aromatic rings. The van der Waals surface area contributed by atoms with Gasteiger partial charge in [-0.25, -0.2) is 4.79 Å². The van der Waals surface area contributed by atoms with E-state index in [1.165, 1.54) is 6.20 Å². The number of ether oxygens (including phenoxy) is 1. The quantitative estimate of drug-likeness (QED) is 0.176. The van der Waals surface area contributed by atoms with Crippen LogP contribution in [-0.4, -0.2) is 43.5 Å². The molecule has 1 atom stereocenters. The Morgan fingerprint density at radius 1 is 1.48 bits per heavy atom. The second-order valence-corrected chi connectivity index (χ2v) is 4.85. The predicted molar refractivity (Wildman–Crippen MR) is 81.1 cm³/mol. The first-order chi connectivity index (χ1) is 10.1. The smallest absolute Gasteiger partial charge is 0.330 e. The van der Waals surface area contributed by atoms with Crippen molar-refractivity contribution in [1.29, 1.82) is 0 Å².